The summed E-state index contributed by atoms with van der Waals surface area (Å²) in [6.45, 7) is 1.69. The zero-order chi connectivity index (χ0) is 10.0. The maximum absolute atomic E-state index is 10.4. The lowest BCUT2D eigenvalue weighted by Crippen LogP contribution is -2.07. The summed E-state index contributed by atoms with van der Waals surface area (Å²) in [5.41, 5.74) is 5.92. The fraction of sp³-hybridized carbons (Fsp3) is 0.286. The fourth-order valence-electron chi connectivity index (χ4n) is 0.873. The van der Waals surface area contributed by atoms with Gasteiger partial charge in [0.05, 0.1) is 4.92 Å². The molecule has 1 aromatic heterocycles. The molecule has 1 atom stereocenters. The van der Waals surface area contributed by atoms with E-state index >= 15 is 0 Å². The van der Waals surface area contributed by atoms with E-state index in [9.17, 15) is 10.1 Å². The lowest BCUT2D eigenvalue weighted by atomic mass is 10.1. The smallest absolute Gasteiger partial charge is 0.288 e. The van der Waals surface area contributed by atoms with Gasteiger partial charge in [0.1, 0.15) is 11.3 Å². The second-order valence-corrected chi connectivity index (χ2v) is 2.98. The summed E-state index contributed by atoms with van der Waals surface area (Å²) < 4.78 is 0. The van der Waals surface area contributed by atoms with Crippen LogP contribution in [0.2, 0.25) is 5.15 Å². The molecule has 70 valence electrons. The first kappa shape index (κ1) is 9.88. The van der Waals surface area contributed by atoms with E-state index in [0.717, 1.165) is 6.20 Å². The van der Waals surface area contributed by atoms with E-state index in [-0.39, 0.29) is 16.9 Å². The number of aromatic nitrogens is 1. The van der Waals surface area contributed by atoms with E-state index in [1.165, 1.54) is 6.07 Å². The predicted octanol–water partition coefficient (Wildman–Crippen LogP) is 1.66. The second kappa shape index (κ2) is 3.68. The van der Waals surface area contributed by atoms with Crippen LogP contribution in [0, 0.1) is 10.1 Å². The molecule has 0 aliphatic rings. The zero-order valence-corrected chi connectivity index (χ0v) is 7.65. The van der Waals surface area contributed by atoms with Gasteiger partial charge in [-0.1, -0.05) is 11.6 Å². The van der Waals surface area contributed by atoms with E-state index < -0.39 is 4.92 Å². The molecule has 0 bridgehead atoms. The molecule has 0 saturated heterocycles. The SMILES string of the molecule is CC(N)c1cc([N+](=O)[O-])cnc1Cl. The molecule has 0 saturated carbocycles. The van der Waals surface area contributed by atoms with Crippen molar-refractivity contribution in [3.8, 4) is 0 Å². The lowest BCUT2D eigenvalue weighted by molar-refractivity contribution is -0.385. The standard InChI is InChI=1S/C7H8ClN3O2/c1-4(9)6-2-5(11(12)13)3-10-7(6)8/h2-4H,9H2,1H3. The molecule has 5 nitrogen and oxygen atoms in total. The van der Waals surface area contributed by atoms with Crippen molar-refractivity contribution in [2.45, 2.75) is 13.0 Å². The van der Waals surface area contributed by atoms with Gasteiger partial charge in [-0.2, -0.15) is 0 Å². The first-order chi connectivity index (χ1) is 6.02. The Morgan fingerprint density at radius 3 is 2.85 bits per heavy atom. The monoisotopic (exact) mass is 201 g/mol. The van der Waals surface area contributed by atoms with Crippen LogP contribution in [0.1, 0.15) is 18.5 Å². The normalized spacial score (nSPS) is 12.5. The molecule has 6 heteroatoms. The van der Waals surface area contributed by atoms with Gasteiger partial charge in [0.15, 0.2) is 0 Å². The van der Waals surface area contributed by atoms with E-state index in [2.05, 4.69) is 4.98 Å². The number of nitrogens with two attached hydrogens (primary N) is 1. The molecule has 1 unspecified atom stereocenters. The van der Waals surface area contributed by atoms with Crippen molar-refractivity contribution in [3.63, 3.8) is 0 Å². The highest BCUT2D eigenvalue weighted by atomic mass is 35.5. The van der Waals surface area contributed by atoms with Gasteiger partial charge in [-0.05, 0) is 6.92 Å². The number of nitrogens with zero attached hydrogens (tertiary/aromatic N) is 2. The zero-order valence-electron chi connectivity index (χ0n) is 6.90. The summed E-state index contributed by atoms with van der Waals surface area (Å²) in [6.07, 6.45) is 1.11. The van der Waals surface area contributed by atoms with Crippen LogP contribution in [0.3, 0.4) is 0 Å². The first-order valence-electron chi connectivity index (χ1n) is 3.57. The molecule has 0 amide bonds. The predicted molar refractivity (Wildman–Crippen MR) is 48.5 cm³/mol. The maximum Gasteiger partial charge on any atom is 0.288 e. The van der Waals surface area contributed by atoms with Gasteiger partial charge >= 0.3 is 0 Å². The summed E-state index contributed by atoms with van der Waals surface area (Å²) in [5, 5.41) is 10.6. The van der Waals surface area contributed by atoms with Crippen LogP contribution in [0.5, 0.6) is 0 Å². The number of hydrogen-bond acceptors (Lipinski definition) is 4. The van der Waals surface area contributed by atoms with Crippen molar-refractivity contribution in [3.05, 3.63) is 33.1 Å². The van der Waals surface area contributed by atoms with E-state index in [4.69, 9.17) is 17.3 Å². The quantitative estimate of drug-likeness (QED) is 0.448. The van der Waals surface area contributed by atoms with Crippen LogP contribution >= 0.6 is 11.6 Å². The highest BCUT2D eigenvalue weighted by Crippen LogP contribution is 2.23. The third kappa shape index (κ3) is 2.13. The molecular formula is C7H8ClN3O2. The molecule has 0 radical (unpaired) electrons. The van der Waals surface area contributed by atoms with Gasteiger partial charge in [0.25, 0.3) is 5.69 Å². The van der Waals surface area contributed by atoms with Crippen molar-refractivity contribution >= 4 is 17.3 Å². The highest BCUT2D eigenvalue weighted by molar-refractivity contribution is 6.30. The van der Waals surface area contributed by atoms with Gasteiger partial charge in [0.2, 0.25) is 0 Å². The molecular weight excluding hydrogens is 194 g/mol. The third-order valence-corrected chi connectivity index (χ3v) is 1.87. The maximum atomic E-state index is 10.4. The molecule has 1 heterocycles. The molecule has 0 aliphatic carbocycles. The number of pyridine rings is 1. The van der Waals surface area contributed by atoms with E-state index in [1.54, 1.807) is 6.92 Å². The molecule has 0 fully saturated rings. The van der Waals surface area contributed by atoms with Crippen LogP contribution in [0.4, 0.5) is 5.69 Å². The number of hydrogen-bond donors (Lipinski definition) is 1. The van der Waals surface area contributed by atoms with Crippen molar-refractivity contribution in [2.24, 2.45) is 5.73 Å². The molecule has 13 heavy (non-hydrogen) atoms. The third-order valence-electron chi connectivity index (χ3n) is 1.55. The summed E-state index contributed by atoms with van der Waals surface area (Å²) in [7, 11) is 0. The molecule has 0 aromatic carbocycles. The van der Waals surface area contributed by atoms with Crippen LogP contribution < -0.4 is 5.73 Å². The Balaban J connectivity index is 3.19. The summed E-state index contributed by atoms with van der Waals surface area (Å²) in [5.74, 6) is 0. The van der Waals surface area contributed by atoms with Crippen molar-refractivity contribution in [1.29, 1.82) is 0 Å². The average Bonchev–Trinajstić information content (AvgIpc) is 2.04. The molecule has 1 aromatic rings. The summed E-state index contributed by atoms with van der Waals surface area (Å²) >= 11 is 5.68. The van der Waals surface area contributed by atoms with Gasteiger partial charge in [0, 0.05) is 17.7 Å². The number of nitro groups is 1. The van der Waals surface area contributed by atoms with E-state index in [0.29, 0.717) is 5.56 Å². The Morgan fingerprint density at radius 2 is 2.38 bits per heavy atom. The largest absolute Gasteiger partial charge is 0.324 e. The summed E-state index contributed by atoms with van der Waals surface area (Å²) in [4.78, 5) is 13.5. The van der Waals surface area contributed by atoms with Crippen LogP contribution in [-0.2, 0) is 0 Å². The van der Waals surface area contributed by atoms with Crippen LogP contribution in [-0.4, -0.2) is 9.91 Å². The molecule has 0 spiro atoms. The minimum absolute atomic E-state index is 0.100. The highest BCUT2D eigenvalue weighted by Gasteiger charge is 2.13. The lowest BCUT2D eigenvalue weighted by Gasteiger charge is -2.05. The van der Waals surface area contributed by atoms with Crippen molar-refractivity contribution in [1.82, 2.24) is 4.98 Å². The Labute approximate surface area is 79.7 Å². The van der Waals surface area contributed by atoms with E-state index in [1.807, 2.05) is 0 Å². The van der Waals surface area contributed by atoms with Gasteiger partial charge in [-0.15, -0.1) is 0 Å². The Kier molecular flexibility index (Phi) is 2.79. The van der Waals surface area contributed by atoms with Crippen molar-refractivity contribution < 1.29 is 4.92 Å². The number of halogens is 1. The minimum atomic E-state index is -0.533. The molecule has 1 rings (SSSR count). The molecule has 0 aliphatic heterocycles. The minimum Gasteiger partial charge on any atom is -0.324 e. The Bertz CT molecular complexity index is 341. The number of rotatable bonds is 2. The molecule has 2 N–H and O–H groups in total. The second-order valence-electron chi connectivity index (χ2n) is 2.62. The van der Waals surface area contributed by atoms with Crippen molar-refractivity contribution in [2.75, 3.05) is 0 Å². The first-order valence-corrected chi connectivity index (χ1v) is 3.95. The Hall–Kier alpha value is -1.20. The topological polar surface area (TPSA) is 82.0 Å². The fourth-order valence-corrected chi connectivity index (χ4v) is 1.15. The van der Waals surface area contributed by atoms with Gasteiger partial charge < -0.3 is 5.73 Å². The van der Waals surface area contributed by atoms with Gasteiger partial charge in [-0.25, -0.2) is 4.98 Å². The van der Waals surface area contributed by atoms with Crippen LogP contribution in [0.15, 0.2) is 12.3 Å². The van der Waals surface area contributed by atoms with Crippen LogP contribution in [0.25, 0.3) is 0 Å². The average molecular weight is 202 g/mol. The Morgan fingerprint density at radius 1 is 1.77 bits per heavy atom. The van der Waals surface area contributed by atoms with Gasteiger partial charge in [-0.3, -0.25) is 10.1 Å². The summed E-state index contributed by atoms with van der Waals surface area (Å²) in [6, 6.07) is 0.972.